The van der Waals surface area contributed by atoms with Gasteiger partial charge < -0.3 is 28.8 Å². The van der Waals surface area contributed by atoms with Gasteiger partial charge in [-0.1, -0.05) is 34.6 Å². The Bertz CT molecular complexity index is 1240. The first-order chi connectivity index (χ1) is 20.9. The van der Waals surface area contributed by atoms with Crippen LogP contribution in [0.3, 0.4) is 0 Å². The molecule has 6 aliphatic rings. The Kier molecular flexibility index (Phi) is 7.87. The number of aldehydes is 2. The van der Waals surface area contributed by atoms with Gasteiger partial charge in [0.25, 0.3) is 0 Å². The fourth-order valence-electron chi connectivity index (χ4n) is 12.7. The van der Waals surface area contributed by atoms with E-state index in [4.69, 9.17) is 18.9 Å². The van der Waals surface area contributed by atoms with Gasteiger partial charge in [0.1, 0.15) is 19.0 Å². The van der Waals surface area contributed by atoms with Crippen molar-refractivity contribution in [3.63, 3.8) is 0 Å². The second kappa shape index (κ2) is 10.7. The lowest BCUT2D eigenvalue weighted by Crippen LogP contribution is -2.59. The Balaban J connectivity index is 1.28. The van der Waals surface area contributed by atoms with E-state index >= 15 is 0 Å². The van der Waals surface area contributed by atoms with E-state index in [2.05, 4.69) is 34.6 Å². The number of fused-ring (bicyclic) bond motifs is 4. The Morgan fingerprint density at radius 1 is 1.07 bits per heavy atom. The number of ketones is 1. The molecule has 0 aromatic carbocycles. The van der Waals surface area contributed by atoms with Gasteiger partial charge in [-0.3, -0.25) is 14.4 Å². The van der Waals surface area contributed by atoms with E-state index < -0.39 is 41.6 Å². The highest BCUT2D eigenvalue weighted by atomic mass is 16.7. The summed E-state index contributed by atoms with van der Waals surface area (Å²) < 4.78 is 23.9. The third kappa shape index (κ3) is 4.45. The van der Waals surface area contributed by atoms with E-state index in [9.17, 15) is 24.3 Å². The summed E-state index contributed by atoms with van der Waals surface area (Å²) in [7, 11) is 0. The second-order valence-electron chi connectivity index (χ2n) is 17.2. The van der Waals surface area contributed by atoms with Crippen molar-refractivity contribution in [2.45, 2.75) is 143 Å². The molecule has 252 valence electrons. The number of carbonyl (C=O) groups is 4. The normalized spacial score (nSPS) is 47.6. The van der Waals surface area contributed by atoms with Gasteiger partial charge >= 0.3 is 5.97 Å². The summed E-state index contributed by atoms with van der Waals surface area (Å²) in [5.41, 5.74) is -2.00. The lowest BCUT2D eigenvalue weighted by Gasteiger charge is -2.62. The topological polar surface area (TPSA) is 125 Å². The highest BCUT2D eigenvalue weighted by Crippen LogP contribution is 2.89. The molecule has 13 atom stereocenters. The summed E-state index contributed by atoms with van der Waals surface area (Å²) in [4.78, 5) is 49.4. The van der Waals surface area contributed by atoms with Crippen LogP contribution in [0.15, 0.2) is 0 Å². The van der Waals surface area contributed by atoms with Crippen LogP contribution in [0.25, 0.3) is 0 Å². The molecule has 1 N–H and O–H groups in total. The second-order valence-corrected chi connectivity index (χ2v) is 17.2. The molecule has 1 heterocycles. The van der Waals surface area contributed by atoms with Crippen LogP contribution < -0.4 is 0 Å². The van der Waals surface area contributed by atoms with Crippen LogP contribution in [-0.4, -0.2) is 72.3 Å². The van der Waals surface area contributed by atoms with Crippen molar-refractivity contribution in [3.05, 3.63) is 0 Å². The van der Waals surface area contributed by atoms with Crippen molar-refractivity contribution < 1.29 is 43.2 Å². The van der Waals surface area contributed by atoms with E-state index in [-0.39, 0.29) is 57.9 Å². The number of rotatable bonds is 9. The molecule has 45 heavy (non-hydrogen) atoms. The maximum Gasteiger partial charge on any atom is 0.303 e. The maximum absolute atomic E-state index is 14.9. The largest absolute Gasteiger partial charge is 0.457 e. The lowest BCUT2D eigenvalue weighted by atomic mass is 9.41. The molecule has 9 heteroatoms. The van der Waals surface area contributed by atoms with Gasteiger partial charge in [0.05, 0.1) is 17.8 Å². The van der Waals surface area contributed by atoms with Crippen molar-refractivity contribution in [2.75, 3.05) is 6.61 Å². The van der Waals surface area contributed by atoms with Crippen LogP contribution in [0.4, 0.5) is 0 Å². The van der Waals surface area contributed by atoms with Gasteiger partial charge in [-0.15, -0.1) is 0 Å². The molecule has 6 rings (SSSR count). The Morgan fingerprint density at radius 2 is 1.73 bits per heavy atom. The summed E-state index contributed by atoms with van der Waals surface area (Å²) in [6.07, 6.45) is 5.69. The van der Waals surface area contributed by atoms with Gasteiger partial charge in [-0.25, -0.2) is 0 Å². The first-order valence-corrected chi connectivity index (χ1v) is 17.2. The van der Waals surface area contributed by atoms with Gasteiger partial charge in [0.2, 0.25) is 6.29 Å². The zero-order valence-corrected chi connectivity index (χ0v) is 28.4. The zero-order valence-electron chi connectivity index (χ0n) is 28.4. The lowest BCUT2D eigenvalue weighted by molar-refractivity contribution is -0.221. The minimum atomic E-state index is -1.31. The summed E-state index contributed by atoms with van der Waals surface area (Å²) in [6.45, 7) is 15.8. The number of esters is 1. The monoisotopic (exact) mass is 630 g/mol. The smallest absolute Gasteiger partial charge is 0.303 e. The molecular formula is C36H54O9. The molecule has 0 aromatic heterocycles. The molecule has 2 spiro atoms. The Hall–Kier alpha value is -1.68. The summed E-state index contributed by atoms with van der Waals surface area (Å²) in [5, 5.41) is 11.0. The number of Topliss-reactive ketones (excluding diaryl/α,β-unsaturated/α-hetero) is 1. The van der Waals surface area contributed by atoms with E-state index in [1.807, 2.05) is 0 Å². The molecule has 6 unspecified atom stereocenters. The average molecular weight is 631 g/mol. The number of carbonyl (C=O) groups excluding carboxylic acids is 4. The quantitative estimate of drug-likeness (QED) is 0.217. The molecule has 0 radical (unpaired) electrons. The minimum absolute atomic E-state index is 0.0722. The van der Waals surface area contributed by atoms with Crippen molar-refractivity contribution in [1.82, 2.24) is 0 Å². The van der Waals surface area contributed by atoms with Gasteiger partial charge in [-0.05, 0) is 105 Å². The van der Waals surface area contributed by atoms with Gasteiger partial charge in [0, 0.05) is 18.3 Å². The maximum atomic E-state index is 14.9. The van der Waals surface area contributed by atoms with Crippen molar-refractivity contribution >= 4 is 24.3 Å². The van der Waals surface area contributed by atoms with Gasteiger partial charge in [-0.2, -0.15) is 0 Å². The van der Waals surface area contributed by atoms with Crippen molar-refractivity contribution in [3.8, 4) is 0 Å². The Labute approximate surface area is 267 Å². The highest BCUT2D eigenvalue weighted by Gasteiger charge is 2.85. The van der Waals surface area contributed by atoms with Crippen LogP contribution in [0.1, 0.15) is 107 Å². The fourth-order valence-corrected chi connectivity index (χ4v) is 12.7. The minimum Gasteiger partial charge on any atom is -0.457 e. The Morgan fingerprint density at radius 3 is 2.36 bits per heavy atom. The molecule has 0 amide bonds. The molecule has 0 aromatic rings. The van der Waals surface area contributed by atoms with E-state index in [0.717, 1.165) is 44.9 Å². The number of aliphatic hydroxyl groups is 1. The van der Waals surface area contributed by atoms with E-state index in [1.165, 1.54) is 6.92 Å². The van der Waals surface area contributed by atoms with E-state index in [1.54, 1.807) is 13.8 Å². The van der Waals surface area contributed by atoms with Crippen molar-refractivity contribution in [1.29, 1.82) is 0 Å². The predicted octanol–water partition coefficient (Wildman–Crippen LogP) is 4.84. The van der Waals surface area contributed by atoms with Crippen LogP contribution in [0, 0.1) is 50.7 Å². The standard InChI is InChI=1S/C36H54O9/c1-20-17-22(30(32(5,6)41)43-21(2)39)44-28-27(20)33(7)13-14-36-19-35(36)12-11-25(45-26(18-38)42-16-15-37)31(3,4)23(35)9-10-24(36)34(33,8)29(28)40/h15,18,20,22-28,30,41H,9-14,16-17,19H2,1-8H3/t20-,22?,23+,24?,25+,26+,27+,28?,30+,33?,34-,35?,36?/m1/s1. The molecular weight excluding hydrogens is 576 g/mol. The third-order valence-corrected chi connectivity index (χ3v) is 14.6. The zero-order chi connectivity index (χ0) is 33.0. The van der Waals surface area contributed by atoms with Crippen LogP contribution >= 0.6 is 0 Å². The molecule has 0 bridgehead atoms. The molecule has 5 saturated carbocycles. The number of hydrogen-bond donors (Lipinski definition) is 1. The van der Waals surface area contributed by atoms with E-state index in [0.29, 0.717) is 24.9 Å². The summed E-state index contributed by atoms with van der Waals surface area (Å²) in [5.74, 6) is 0.636. The molecule has 6 fully saturated rings. The number of ether oxygens (including phenoxy) is 4. The van der Waals surface area contributed by atoms with Gasteiger partial charge in [0.15, 0.2) is 18.2 Å². The SMILES string of the molecule is CC(=O)O[C@@H](C1C[C@@H](C)[C@H]2C(O1)C(=O)[C@@]1(C)C3CC[C@H]4C(C)(C)[C@@H](O[C@@H](C=O)OCC=O)CCC45CC35CCC21C)C(C)(C)O. The molecule has 5 aliphatic carbocycles. The highest BCUT2D eigenvalue weighted by molar-refractivity contribution is 5.93. The molecule has 1 aliphatic heterocycles. The van der Waals surface area contributed by atoms with Crippen LogP contribution in [0.5, 0.6) is 0 Å². The third-order valence-electron chi connectivity index (χ3n) is 14.6. The van der Waals surface area contributed by atoms with Crippen LogP contribution in [0.2, 0.25) is 0 Å². The summed E-state index contributed by atoms with van der Waals surface area (Å²) >= 11 is 0. The summed E-state index contributed by atoms with van der Waals surface area (Å²) in [6, 6.07) is 0. The first-order valence-electron chi connectivity index (χ1n) is 17.2. The number of hydrogen-bond acceptors (Lipinski definition) is 9. The molecule has 1 saturated heterocycles. The fraction of sp³-hybridized carbons (Fsp3) is 0.889. The van der Waals surface area contributed by atoms with Crippen LogP contribution in [-0.2, 0) is 38.1 Å². The average Bonchev–Trinajstić information content (AvgIpc) is 3.59. The van der Waals surface area contributed by atoms with Crippen molar-refractivity contribution in [2.24, 2.45) is 50.7 Å². The predicted molar refractivity (Wildman–Crippen MR) is 164 cm³/mol. The first kappa shape index (κ1) is 33.2. The molecule has 9 nitrogen and oxygen atoms in total.